The van der Waals surface area contributed by atoms with Crippen LogP contribution in [0.3, 0.4) is 0 Å². The Kier molecular flexibility index (Phi) is 5.76. The van der Waals surface area contributed by atoms with Gasteiger partial charge in [-0.2, -0.15) is 0 Å². The number of carbonyl (C=O) groups is 1. The SMILES string of the molecule is CC(Sc1nc(-c2ccccc2)cn1N)C(=O)N1CCN(c2ccccc2)CC1. The van der Waals surface area contributed by atoms with Gasteiger partial charge in [-0.3, -0.25) is 4.79 Å². The van der Waals surface area contributed by atoms with Crippen molar-refractivity contribution < 1.29 is 4.79 Å². The lowest BCUT2D eigenvalue weighted by Gasteiger charge is -2.37. The number of nitrogens with two attached hydrogens (primary N) is 1. The molecule has 1 aliphatic rings. The lowest BCUT2D eigenvalue weighted by molar-refractivity contribution is -0.130. The molecule has 150 valence electrons. The maximum atomic E-state index is 12.9. The van der Waals surface area contributed by atoms with E-state index in [2.05, 4.69) is 22.0 Å². The molecule has 1 atom stereocenters. The lowest BCUT2D eigenvalue weighted by atomic mass is 10.2. The zero-order chi connectivity index (χ0) is 20.2. The Bertz CT molecular complexity index is 952. The Morgan fingerprint density at radius 1 is 1.00 bits per heavy atom. The molecule has 1 unspecified atom stereocenters. The first-order chi connectivity index (χ1) is 14.1. The largest absolute Gasteiger partial charge is 0.368 e. The van der Waals surface area contributed by atoms with Gasteiger partial charge in [0.1, 0.15) is 0 Å². The van der Waals surface area contributed by atoms with Crippen molar-refractivity contribution in [2.75, 3.05) is 36.9 Å². The molecule has 0 aliphatic carbocycles. The molecule has 29 heavy (non-hydrogen) atoms. The highest BCUT2D eigenvalue weighted by molar-refractivity contribution is 8.00. The molecule has 1 fully saturated rings. The molecule has 3 aromatic rings. The summed E-state index contributed by atoms with van der Waals surface area (Å²) in [7, 11) is 0. The minimum Gasteiger partial charge on any atom is -0.368 e. The minimum atomic E-state index is -0.244. The van der Waals surface area contributed by atoms with Crippen LogP contribution in [0, 0.1) is 0 Å². The molecule has 1 amide bonds. The van der Waals surface area contributed by atoms with Crippen molar-refractivity contribution in [3.63, 3.8) is 0 Å². The van der Waals surface area contributed by atoms with Gasteiger partial charge in [0.2, 0.25) is 5.91 Å². The normalized spacial score (nSPS) is 15.3. The van der Waals surface area contributed by atoms with Gasteiger partial charge in [-0.25, -0.2) is 9.66 Å². The summed E-state index contributed by atoms with van der Waals surface area (Å²) in [6, 6.07) is 20.2. The summed E-state index contributed by atoms with van der Waals surface area (Å²) in [5.74, 6) is 6.22. The minimum absolute atomic E-state index is 0.131. The standard InChI is InChI=1S/C22H25N5OS/c1-17(29-22-24-20(16-27(22)23)18-8-4-2-5-9-18)21(28)26-14-12-25(13-15-26)19-10-6-3-7-11-19/h2-11,16-17H,12-15,23H2,1H3. The van der Waals surface area contributed by atoms with Gasteiger partial charge < -0.3 is 15.6 Å². The van der Waals surface area contributed by atoms with Gasteiger partial charge in [-0.1, -0.05) is 60.3 Å². The molecule has 1 aliphatic heterocycles. The summed E-state index contributed by atoms with van der Waals surface area (Å²) < 4.78 is 1.50. The van der Waals surface area contributed by atoms with Crippen LogP contribution < -0.4 is 10.7 Å². The van der Waals surface area contributed by atoms with E-state index >= 15 is 0 Å². The highest BCUT2D eigenvalue weighted by Crippen LogP contribution is 2.27. The number of carbonyl (C=O) groups excluding carboxylic acids is 1. The first kappa shape index (κ1) is 19.4. The van der Waals surface area contributed by atoms with Gasteiger partial charge in [-0.15, -0.1) is 0 Å². The van der Waals surface area contributed by atoms with Crippen LogP contribution in [0.2, 0.25) is 0 Å². The summed E-state index contributed by atoms with van der Waals surface area (Å²) in [5.41, 5.74) is 3.03. The van der Waals surface area contributed by atoms with E-state index < -0.39 is 0 Å². The fraction of sp³-hybridized carbons (Fsp3) is 0.273. The van der Waals surface area contributed by atoms with E-state index in [-0.39, 0.29) is 11.2 Å². The zero-order valence-corrected chi connectivity index (χ0v) is 17.3. The molecule has 2 aromatic carbocycles. The second-order valence-electron chi connectivity index (χ2n) is 7.09. The number of amides is 1. The summed E-state index contributed by atoms with van der Waals surface area (Å²) in [6.45, 7) is 5.07. The summed E-state index contributed by atoms with van der Waals surface area (Å²) >= 11 is 1.41. The molecule has 6 nitrogen and oxygen atoms in total. The number of nitrogens with zero attached hydrogens (tertiary/aromatic N) is 4. The number of rotatable bonds is 5. The van der Waals surface area contributed by atoms with E-state index in [1.807, 2.05) is 60.4 Å². The van der Waals surface area contributed by atoms with Gasteiger partial charge in [0.05, 0.1) is 17.1 Å². The van der Waals surface area contributed by atoms with Crippen LogP contribution >= 0.6 is 11.8 Å². The molecule has 7 heteroatoms. The lowest BCUT2D eigenvalue weighted by Crippen LogP contribution is -2.50. The highest BCUT2D eigenvalue weighted by Gasteiger charge is 2.26. The van der Waals surface area contributed by atoms with Crippen LogP contribution in [0.15, 0.2) is 72.0 Å². The number of aromatic nitrogens is 2. The molecule has 0 saturated carbocycles. The second kappa shape index (κ2) is 8.61. The fourth-order valence-corrected chi connectivity index (χ4v) is 4.39. The molecule has 0 spiro atoms. The van der Waals surface area contributed by atoms with Gasteiger partial charge in [0.25, 0.3) is 0 Å². The molecule has 4 rings (SSSR count). The molecule has 2 heterocycles. The number of para-hydroxylation sites is 1. The molecule has 1 aromatic heterocycles. The quantitative estimate of drug-likeness (QED) is 0.520. The van der Waals surface area contributed by atoms with Gasteiger partial charge in [-0.05, 0) is 19.1 Å². The van der Waals surface area contributed by atoms with Crippen LogP contribution in [-0.2, 0) is 4.79 Å². The summed E-state index contributed by atoms with van der Waals surface area (Å²) in [5, 5.41) is 0.402. The van der Waals surface area contributed by atoms with Gasteiger partial charge >= 0.3 is 0 Å². The number of nitrogen functional groups attached to an aromatic ring is 1. The number of anilines is 1. The fourth-order valence-electron chi connectivity index (χ4n) is 3.50. The molecular weight excluding hydrogens is 382 g/mol. The molecule has 0 radical (unpaired) electrons. The second-order valence-corrected chi connectivity index (χ2v) is 8.40. The smallest absolute Gasteiger partial charge is 0.236 e. The first-order valence-corrected chi connectivity index (χ1v) is 10.6. The Hall–Kier alpha value is -2.93. The van der Waals surface area contributed by atoms with Crippen LogP contribution in [0.5, 0.6) is 0 Å². The predicted octanol–water partition coefficient (Wildman–Crippen LogP) is 3.09. The number of benzene rings is 2. The third-order valence-electron chi connectivity index (χ3n) is 5.11. The van der Waals surface area contributed by atoms with E-state index in [1.165, 1.54) is 22.1 Å². The third kappa shape index (κ3) is 4.40. The maximum Gasteiger partial charge on any atom is 0.236 e. The summed E-state index contributed by atoms with van der Waals surface area (Å²) in [4.78, 5) is 21.8. The van der Waals surface area contributed by atoms with E-state index in [1.54, 1.807) is 6.20 Å². The average Bonchev–Trinajstić information content (AvgIpc) is 3.14. The van der Waals surface area contributed by atoms with Gasteiger partial charge in [0.15, 0.2) is 5.16 Å². The Morgan fingerprint density at radius 2 is 1.62 bits per heavy atom. The Morgan fingerprint density at radius 3 is 2.28 bits per heavy atom. The maximum absolute atomic E-state index is 12.9. The number of hydrogen-bond donors (Lipinski definition) is 1. The van der Waals surface area contributed by atoms with E-state index in [0.717, 1.165) is 37.4 Å². The van der Waals surface area contributed by atoms with Crippen molar-refractivity contribution in [2.45, 2.75) is 17.3 Å². The van der Waals surface area contributed by atoms with E-state index in [9.17, 15) is 4.79 Å². The van der Waals surface area contributed by atoms with Crippen molar-refractivity contribution in [1.29, 1.82) is 0 Å². The molecular formula is C22H25N5OS. The predicted molar refractivity (Wildman–Crippen MR) is 118 cm³/mol. The average molecular weight is 408 g/mol. The number of imidazole rings is 1. The van der Waals surface area contributed by atoms with Crippen LogP contribution in [0.25, 0.3) is 11.3 Å². The van der Waals surface area contributed by atoms with Crippen molar-refractivity contribution in [2.24, 2.45) is 0 Å². The zero-order valence-electron chi connectivity index (χ0n) is 16.4. The molecule has 1 saturated heterocycles. The van der Waals surface area contributed by atoms with Crippen LogP contribution in [0.4, 0.5) is 5.69 Å². The number of piperazine rings is 1. The van der Waals surface area contributed by atoms with Crippen molar-refractivity contribution >= 4 is 23.4 Å². The summed E-state index contributed by atoms with van der Waals surface area (Å²) in [6.07, 6.45) is 1.80. The Balaban J connectivity index is 1.36. The van der Waals surface area contributed by atoms with Gasteiger partial charge in [0, 0.05) is 37.4 Å². The number of thioether (sulfide) groups is 1. The van der Waals surface area contributed by atoms with E-state index in [4.69, 9.17) is 5.84 Å². The Labute approximate surface area is 175 Å². The third-order valence-corrected chi connectivity index (χ3v) is 6.18. The monoisotopic (exact) mass is 407 g/mol. The number of hydrogen-bond acceptors (Lipinski definition) is 5. The highest BCUT2D eigenvalue weighted by atomic mass is 32.2. The molecule has 2 N–H and O–H groups in total. The molecule has 0 bridgehead atoms. The van der Waals surface area contributed by atoms with Crippen LogP contribution in [-0.4, -0.2) is 51.9 Å². The van der Waals surface area contributed by atoms with E-state index in [0.29, 0.717) is 5.16 Å². The topological polar surface area (TPSA) is 67.4 Å². The van der Waals surface area contributed by atoms with Crippen molar-refractivity contribution in [1.82, 2.24) is 14.6 Å². The van der Waals surface area contributed by atoms with Crippen LogP contribution in [0.1, 0.15) is 6.92 Å². The van der Waals surface area contributed by atoms with Crippen molar-refractivity contribution in [3.05, 3.63) is 66.9 Å². The van der Waals surface area contributed by atoms with Crippen molar-refractivity contribution in [3.8, 4) is 11.3 Å². The first-order valence-electron chi connectivity index (χ1n) is 9.77.